The lowest BCUT2D eigenvalue weighted by Crippen LogP contribution is -2.42. The zero-order valence-electron chi connectivity index (χ0n) is 16.3. The molecule has 1 saturated heterocycles. The number of hydrogen-bond donors (Lipinski definition) is 0. The minimum Gasteiger partial charge on any atom is -0.319 e. The molecule has 0 bridgehead atoms. The molecule has 1 unspecified atom stereocenters. The molecule has 0 N–H and O–H groups in total. The Morgan fingerprint density at radius 1 is 1.20 bits per heavy atom. The number of amides is 1. The van der Waals surface area contributed by atoms with Crippen LogP contribution in [0.25, 0.3) is 10.2 Å². The van der Waals surface area contributed by atoms with Crippen LogP contribution in [0, 0.1) is 12.8 Å². The molecular formula is C19H19Cl2N3O3S3. The van der Waals surface area contributed by atoms with Gasteiger partial charge in [0.1, 0.15) is 4.21 Å². The van der Waals surface area contributed by atoms with Crippen LogP contribution in [-0.2, 0) is 21.9 Å². The highest BCUT2D eigenvalue weighted by Gasteiger charge is 2.34. The van der Waals surface area contributed by atoms with Crippen molar-refractivity contribution in [3.63, 3.8) is 0 Å². The van der Waals surface area contributed by atoms with Gasteiger partial charge in [-0.05, 0) is 43.5 Å². The lowest BCUT2D eigenvalue weighted by atomic mass is 9.99. The number of aryl methyl sites for hydroxylation is 2. The Hall–Kier alpha value is -1.23. The fraction of sp³-hybridized carbons (Fsp3) is 0.368. The van der Waals surface area contributed by atoms with Crippen LogP contribution in [0.15, 0.2) is 33.5 Å². The summed E-state index contributed by atoms with van der Waals surface area (Å²) in [6.07, 6.45) is 1.21. The van der Waals surface area contributed by atoms with Crippen molar-refractivity contribution in [2.24, 2.45) is 18.0 Å². The lowest BCUT2D eigenvalue weighted by Gasteiger charge is -2.29. The van der Waals surface area contributed by atoms with E-state index in [2.05, 4.69) is 4.99 Å². The second kappa shape index (κ2) is 8.37. The van der Waals surface area contributed by atoms with Crippen LogP contribution in [0.2, 0.25) is 9.36 Å². The number of rotatable bonds is 3. The summed E-state index contributed by atoms with van der Waals surface area (Å²) in [6, 6.07) is 6.84. The Morgan fingerprint density at radius 2 is 1.97 bits per heavy atom. The first-order valence-electron chi connectivity index (χ1n) is 9.27. The highest BCUT2D eigenvalue weighted by Crippen LogP contribution is 2.31. The standard InChI is InChI=1S/C19H19Cl2N3O3S3/c1-11-5-6-13(20)17-16(11)23(2)19(29-17)22-18(25)12-4-3-9-24(10-12)30(26,27)15-8-7-14(21)28-15/h5-8,12H,3-4,9-10H2,1-2H3. The molecule has 6 nitrogen and oxygen atoms in total. The summed E-state index contributed by atoms with van der Waals surface area (Å²) in [6.45, 7) is 2.49. The monoisotopic (exact) mass is 503 g/mol. The number of aromatic nitrogens is 1. The quantitative estimate of drug-likeness (QED) is 0.530. The third-order valence-electron chi connectivity index (χ3n) is 5.18. The first-order chi connectivity index (χ1) is 14.2. The number of benzene rings is 1. The molecule has 1 aliphatic rings. The molecule has 1 aliphatic heterocycles. The Labute approximate surface area is 192 Å². The van der Waals surface area contributed by atoms with E-state index in [1.807, 2.05) is 30.7 Å². The van der Waals surface area contributed by atoms with Crippen molar-refractivity contribution in [3.05, 3.63) is 44.0 Å². The molecule has 11 heteroatoms. The summed E-state index contributed by atoms with van der Waals surface area (Å²) in [5.41, 5.74) is 1.99. The minimum absolute atomic E-state index is 0.120. The topological polar surface area (TPSA) is 71.7 Å². The van der Waals surface area contributed by atoms with Gasteiger partial charge in [0.2, 0.25) is 0 Å². The van der Waals surface area contributed by atoms with E-state index in [4.69, 9.17) is 23.2 Å². The molecular weight excluding hydrogens is 485 g/mol. The molecule has 1 aromatic carbocycles. The Bertz CT molecular complexity index is 1310. The van der Waals surface area contributed by atoms with Crippen LogP contribution >= 0.6 is 45.9 Å². The van der Waals surface area contributed by atoms with Gasteiger partial charge in [-0.15, -0.1) is 11.3 Å². The zero-order valence-corrected chi connectivity index (χ0v) is 20.2. The number of carbonyl (C=O) groups is 1. The molecule has 0 saturated carbocycles. The van der Waals surface area contributed by atoms with Crippen molar-refractivity contribution in [2.45, 2.75) is 24.0 Å². The van der Waals surface area contributed by atoms with Crippen LogP contribution in [-0.4, -0.2) is 36.3 Å². The average Bonchev–Trinajstić information content (AvgIpc) is 3.30. The van der Waals surface area contributed by atoms with Crippen LogP contribution in [0.1, 0.15) is 18.4 Å². The predicted molar refractivity (Wildman–Crippen MR) is 122 cm³/mol. The Morgan fingerprint density at radius 3 is 2.63 bits per heavy atom. The van der Waals surface area contributed by atoms with Crippen LogP contribution in [0.3, 0.4) is 0 Å². The van der Waals surface area contributed by atoms with E-state index >= 15 is 0 Å². The third-order valence-corrected chi connectivity index (χ3v) is 10.3. The van der Waals surface area contributed by atoms with Crippen molar-refractivity contribution < 1.29 is 13.2 Å². The van der Waals surface area contributed by atoms with Crippen molar-refractivity contribution in [3.8, 4) is 0 Å². The van der Waals surface area contributed by atoms with Crippen molar-refractivity contribution in [1.29, 1.82) is 0 Å². The number of fused-ring (bicyclic) bond motifs is 1. The fourth-order valence-corrected chi connectivity index (χ4v) is 8.16. The molecule has 3 heterocycles. The summed E-state index contributed by atoms with van der Waals surface area (Å²) < 4.78 is 30.5. The van der Waals surface area contributed by atoms with E-state index in [0.717, 1.165) is 27.1 Å². The van der Waals surface area contributed by atoms with E-state index in [-0.39, 0.29) is 16.7 Å². The maximum Gasteiger partial charge on any atom is 0.252 e. The number of nitrogens with zero attached hydrogens (tertiary/aromatic N) is 3. The van der Waals surface area contributed by atoms with Gasteiger partial charge in [-0.3, -0.25) is 4.79 Å². The van der Waals surface area contributed by atoms with Gasteiger partial charge in [-0.2, -0.15) is 9.30 Å². The summed E-state index contributed by atoms with van der Waals surface area (Å²) >= 11 is 14.6. The molecule has 160 valence electrons. The molecule has 30 heavy (non-hydrogen) atoms. The number of halogens is 2. The van der Waals surface area contributed by atoms with Crippen LogP contribution in [0.4, 0.5) is 0 Å². The number of thiazole rings is 1. The van der Waals surface area contributed by atoms with E-state index in [1.165, 1.54) is 21.7 Å². The van der Waals surface area contributed by atoms with Gasteiger partial charge < -0.3 is 4.57 Å². The molecule has 0 radical (unpaired) electrons. The first kappa shape index (κ1) is 22.0. The predicted octanol–water partition coefficient (Wildman–Crippen LogP) is 4.44. The third kappa shape index (κ3) is 3.99. The Balaban J connectivity index is 1.63. The molecule has 4 rings (SSSR count). The minimum atomic E-state index is -3.67. The summed E-state index contributed by atoms with van der Waals surface area (Å²) in [5.74, 6) is -0.791. The highest BCUT2D eigenvalue weighted by atomic mass is 35.5. The first-order valence-corrected chi connectivity index (χ1v) is 13.1. The summed E-state index contributed by atoms with van der Waals surface area (Å²) in [4.78, 5) is 17.8. The number of piperidine rings is 1. The van der Waals surface area contributed by atoms with Gasteiger partial charge in [0.05, 0.1) is 25.5 Å². The molecule has 1 atom stereocenters. The van der Waals surface area contributed by atoms with Crippen LogP contribution < -0.4 is 4.80 Å². The summed E-state index contributed by atoms with van der Waals surface area (Å²) in [7, 11) is -1.81. The van der Waals surface area contributed by atoms with E-state index in [0.29, 0.717) is 33.5 Å². The number of sulfonamides is 1. The molecule has 1 fully saturated rings. The normalized spacial score (nSPS) is 18.9. The smallest absolute Gasteiger partial charge is 0.252 e. The van der Waals surface area contributed by atoms with E-state index in [9.17, 15) is 13.2 Å². The van der Waals surface area contributed by atoms with Gasteiger partial charge >= 0.3 is 0 Å². The van der Waals surface area contributed by atoms with Crippen LogP contribution in [0.5, 0.6) is 0 Å². The second-order valence-corrected chi connectivity index (χ2v) is 12.5. The number of hydrogen-bond acceptors (Lipinski definition) is 5. The van der Waals surface area contributed by atoms with Crippen molar-refractivity contribution in [1.82, 2.24) is 8.87 Å². The van der Waals surface area contributed by atoms with Gasteiger partial charge in [0.15, 0.2) is 4.80 Å². The van der Waals surface area contributed by atoms with Crippen molar-refractivity contribution in [2.75, 3.05) is 13.1 Å². The number of thiophene rings is 1. The van der Waals surface area contributed by atoms with Gasteiger partial charge in [0, 0.05) is 20.1 Å². The van der Waals surface area contributed by atoms with E-state index < -0.39 is 15.9 Å². The van der Waals surface area contributed by atoms with E-state index in [1.54, 1.807) is 6.07 Å². The maximum atomic E-state index is 12.9. The largest absolute Gasteiger partial charge is 0.319 e. The van der Waals surface area contributed by atoms with Gasteiger partial charge in [0.25, 0.3) is 15.9 Å². The maximum absolute atomic E-state index is 12.9. The van der Waals surface area contributed by atoms with Gasteiger partial charge in [-0.25, -0.2) is 8.42 Å². The van der Waals surface area contributed by atoms with Gasteiger partial charge in [-0.1, -0.05) is 40.6 Å². The molecule has 0 aliphatic carbocycles. The molecule has 0 spiro atoms. The number of carbonyl (C=O) groups excluding carboxylic acids is 1. The lowest BCUT2D eigenvalue weighted by molar-refractivity contribution is -0.122. The molecule has 2 aromatic heterocycles. The SMILES string of the molecule is Cc1ccc(Cl)c2sc(=NC(=O)C3CCCN(S(=O)(=O)c4ccc(Cl)s4)C3)n(C)c12. The zero-order chi connectivity index (χ0) is 21.6. The second-order valence-electron chi connectivity index (χ2n) is 7.20. The molecule has 3 aromatic rings. The fourth-order valence-electron chi connectivity index (χ4n) is 3.62. The average molecular weight is 504 g/mol. The summed E-state index contributed by atoms with van der Waals surface area (Å²) in [5, 5.41) is 0.620. The van der Waals surface area contributed by atoms with Crippen molar-refractivity contribution >= 4 is 72.0 Å². The Kier molecular flexibility index (Phi) is 6.13. The highest BCUT2D eigenvalue weighted by molar-refractivity contribution is 7.91. The molecule has 1 amide bonds.